The number of hydrogen-bond donors (Lipinski definition) is 1. The van der Waals surface area contributed by atoms with Crippen molar-refractivity contribution >= 4 is 51.6 Å². The second kappa shape index (κ2) is 11.2. The first-order valence-corrected chi connectivity index (χ1v) is 13.2. The van der Waals surface area contributed by atoms with E-state index < -0.39 is 5.97 Å². The van der Waals surface area contributed by atoms with Crippen molar-refractivity contribution in [1.29, 1.82) is 0 Å². The van der Waals surface area contributed by atoms with E-state index in [-0.39, 0.29) is 11.7 Å². The number of methoxy groups -OCH3 is 1. The molecule has 2 aromatic heterocycles. The molecule has 3 aromatic rings. The highest BCUT2D eigenvalue weighted by atomic mass is 35.5. The van der Waals surface area contributed by atoms with Crippen LogP contribution in [0, 0.1) is 0 Å². The minimum atomic E-state index is -0.405. The number of halogens is 1. The summed E-state index contributed by atoms with van der Waals surface area (Å²) in [5.41, 5.74) is 2.28. The molecule has 0 unspecified atom stereocenters. The Labute approximate surface area is 211 Å². The van der Waals surface area contributed by atoms with E-state index >= 15 is 0 Å². The average Bonchev–Trinajstić information content (AvgIpc) is 3.30. The van der Waals surface area contributed by atoms with Crippen molar-refractivity contribution in [2.24, 2.45) is 0 Å². The topological polar surface area (TPSA) is 86.1 Å². The number of anilines is 1. The molecular formula is C24H25ClN4O3S2. The fraction of sp³-hybridized carbons (Fsp3) is 0.333. The van der Waals surface area contributed by atoms with E-state index in [0.29, 0.717) is 33.1 Å². The molecule has 1 aromatic carbocycles. The molecule has 1 amide bonds. The number of esters is 1. The first-order valence-electron chi connectivity index (χ1n) is 11.0. The summed E-state index contributed by atoms with van der Waals surface area (Å²) >= 11 is 9.10. The number of rotatable bonds is 8. The molecule has 0 saturated carbocycles. The van der Waals surface area contributed by atoms with Crippen LogP contribution >= 0.6 is 34.7 Å². The third-order valence-corrected chi connectivity index (χ3v) is 8.04. The zero-order valence-electron chi connectivity index (χ0n) is 18.8. The fourth-order valence-electron chi connectivity index (χ4n) is 3.97. The predicted octanol–water partition coefficient (Wildman–Crippen LogP) is 5.63. The number of benzene rings is 1. The maximum Gasteiger partial charge on any atom is 0.341 e. The van der Waals surface area contributed by atoms with Gasteiger partial charge in [0.15, 0.2) is 11.0 Å². The van der Waals surface area contributed by atoms with Crippen molar-refractivity contribution in [3.63, 3.8) is 0 Å². The normalized spacial score (nSPS) is 13.1. The molecule has 178 valence electrons. The Kier molecular flexibility index (Phi) is 8.07. The van der Waals surface area contributed by atoms with Gasteiger partial charge in [0.25, 0.3) is 0 Å². The Balaban J connectivity index is 1.52. The molecule has 0 saturated heterocycles. The summed E-state index contributed by atoms with van der Waals surface area (Å²) in [6.07, 6.45) is 6.76. The highest BCUT2D eigenvalue weighted by Gasteiger charge is 2.26. The molecule has 0 atom stereocenters. The van der Waals surface area contributed by atoms with Gasteiger partial charge in [-0.05, 0) is 43.4 Å². The zero-order chi connectivity index (χ0) is 24.1. The van der Waals surface area contributed by atoms with E-state index in [4.69, 9.17) is 16.3 Å². The van der Waals surface area contributed by atoms with Gasteiger partial charge in [-0.1, -0.05) is 48.0 Å². The van der Waals surface area contributed by atoms with Crippen LogP contribution in [0.3, 0.4) is 0 Å². The van der Waals surface area contributed by atoms with Crippen LogP contribution < -0.4 is 5.32 Å². The lowest BCUT2D eigenvalue weighted by Gasteiger charge is -2.09. The van der Waals surface area contributed by atoms with E-state index in [9.17, 15) is 9.59 Å². The van der Waals surface area contributed by atoms with Crippen molar-refractivity contribution in [1.82, 2.24) is 14.8 Å². The van der Waals surface area contributed by atoms with Gasteiger partial charge in [0.1, 0.15) is 5.00 Å². The summed E-state index contributed by atoms with van der Waals surface area (Å²) in [6, 6.07) is 7.41. The van der Waals surface area contributed by atoms with E-state index in [1.165, 1.54) is 30.2 Å². The number of amides is 1. The lowest BCUT2D eigenvalue weighted by Crippen LogP contribution is -2.16. The lowest BCUT2D eigenvalue weighted by atomic mass is 10.1. The third-order valence-electron chi connectivity index (χ3n) is 5.54. The highest BCUT2D eigenvalue weighted by molar-refractivity contribution is 7.99. The molecule has 2 heterocycles. The van der Waals surface area contributed by atoms with E-state index in [0.717, 1.165) is 48.1 Å². The summed E-state index contributed by atoms with van der Waals surface area (Å²) in [5.74, 6) is 0.0981. The number of nitrogens with zero attached hydrogens (tertiary/aromatic N) is 3. The minimum Gasteiger partial charge on any atom is -0.465 e. The molecule has 1 aliphatic carbocycles. The zero-order valence-corrected chi connectivity index (χ0v) is 21.2. The molecule has 0 radical (unpaired) electrons. The summed E-state index contributed by atoms with van der Waals surface area (Å²) in [6.45, 7) is 4.29. The molecule has 0 aliphatic heterocycles. The van der Waals surface area contributed by atoms with Gasteiger partial charge in [0.2, 0.25) is 5.91 Å². The van der Waals surface area contributed by atoms with Crippen molar-refractivity contribution in [3.8, 4) is 11.4 Å². The number of thioether (sulfide) groups is 1. The van der Waals surface area contributed by atoms with Crippen molar-refractivity contribution < 1.29 is 14.3 Å². The summed E-state index contributed by atoms with van der Waals surface area (Å²) < 4.78 is 6.89. The molecule has 0 bridgehead atoms. The van der Waals surface area contributed by atoms with Gasteiger partial charge in [-0.3, -0.25) is 9.36 Å². The smallest absolute Gasteiger partial charge is 0.341 e. The van der Waals surface area contributed by atoms with Crippen molar-refractivity contribution in [2.75, 3.05) is 18.2 Å². The van der Waals surface area contributed by atoms with Gasteiger partial charge < -0.3 is 10.1 Å². The number of nitrogens with one attached hydrogen (secondary N) is 1. The number of thiophene rings is 1. The average molecular weight is 517 g/mol. The first-order chi connectivity index (χ1) is 16.5. The Hall–Kier alpha value is -2.62. The van der Waals surface area contributed by atoms with Crippen LogP contribution in [0.4, 0.5) is 5.00 Å². The fourth-order valence-corrected chi connectivity index (χ4v) is 6.23. The summed E-state index contributed by atoms with van der Waals surface area (Å²) in [5, 5.41) is 13.2. The number of allylic oxidation sites excluding steroid dienone is 1. The highest BCUT2D eigenvalue weighted by Crippen LogP contribution is 2.38. The summed E-state index contributed by atoms with van der Waals surface area (Å²) in [4.78, 5) is 26.5. The van der Waals surface area contributed by atoms with E-state index in [2.05, 4.69) is 22.1 Å². The lowest BCUT2D eigenvalue weighted by molar-refractivity contribution is -0.113. The van der Waals surface area contributed by atoms with Gasteiger partial charge in [-0.25, -0.2) is 4.79 Å². The van der Waals surface area contributed by atoms with Crippen LogP contribution in [0.2, 0.25) is 5.02 Å². The van der Waals surface area contributed by atoms with Gasteiger partial charge in [0, 0.05) is 17.0 Å². The quantitative estimate of drug-likeness (QED) is 0.181. The Bertz CT molecular complexity index is 1220. The molecule has 4 rings (SSSR count). The number of carbonyl (C=O) groups is 2. The van der Waals surface area contributed by atoms with Gasteiger partial charge in [-0.2, -0.15) is 0 Å². The molecule has 0 fully saturated rings. The number of aromatic nitrogens is 3. The SMILES string of the molecule is C=CCn1c(SCC(=O)Nc2sc3c(c2C(=O)OC)CCCCC3)nnc1-c1ccccc1Cl. The largest absolute Gasteiger partial charge is 0.465 e. The maximum absolute atomic E-state index is 12.9. The van der Waals surface area contributed by atoms with Crippen molar-refractivity contribution in [3.05, 3.63) is 57.9 Å². The van der Waals surface area contributed by atoms with Gasteiger partial charge in [0.05, 0.1) is 23.4 Å². The second-order valence-electron chi connectivity index (χ2n) is 7.78. The number of aryl methyl sites for hydroxylation is 1. The Morgan fingerprint density at radius 3 is 2.82 bits per heavy atom. The molecule has 1 N–H and O–H groups in total. The van der Waals surface area contributed by atoms with Crippen LogP contribution in [0.25, 0.3) is 11.4 Å². The minimum absolute atomic E-state index is 0.112. The number of hydrogen-bond acceptors (Lipinski definition) is 7. The second-order valence-corrected chi connectivity index (χ2v) is 10.2. The summed E-state index contributed by atoms with van der Waals surface area (Å²) in [7, 11) is 1.37. The molecule has 34 heavy (non-hydrogen) atoms. The molecule has 10 heteroatoms. The maximum atomic E-state index is 12.9. The number of fused-ring (bicyclic) bond motifs is 1. The molecule has 7 nitrogen and oxygen atoms in total. The molecule has 0 spiro atoms. The van der Waals surface area contributed by atoms with Crippen LogP contribution in [0.1, 0.15) is 40.1 Å². The third kappa shape index (κ3) is 5.21. The van der Waals surface area contributed by atoms with E-state index in [1.54, 1.807) is 12.1 Å². The van der Waals surface area contributed by atoms with Crippen LogP contribution in [-0.4, -0.2) is 39.5 Å². The number of carbonyl (C=O) groups excluding carboxylic acids is 2. The standard InChI is InChI=1S/C24H25ClN4O3S2/c1-3-13-29-21(15-9-7-8-11-17(15)25)27-28-24(29)33-14-19(30)26-22-20(23(31)32-2)16-10-5-4-6-12-18(16)34-22/h3,7-9,11H,1,4-6,10,12-14H2,2H3,(H,26,30). The Morgan fingerprint density at radius 1 is 1.26 bits per heavy atom. The predicted molar refractivity (Wildman–Crippen MR) is 137 cm³/mol. The Morgan fingerprint density at radius 2 is 2.06 bits per heavy atom. The van der Waals surface area contributed by atoms with E-state index in [1.807, 2.05) is 22.8 Å². The monoisotopic (exact) mass is 516 g/mol. The molecular weight excluding hydrogens is 492 g/mol. The van der Waals surface area contributed by atoms with Crippen molar-refractivity contribution in [2.45, 2.75) is 43.8 Å². The van der Waals surface area contributed by atoms with Gasteiger partial charge >= 0.3 is 5.97 Å². The van der Waals surface area contributed by atoms with Crippen LogP contribution in [-0.2, 0) is 28.9 Å². The molecule has 1 aliphatic rings. The van der Waals surface area contributed by atoms with Gasteiger partial charge in [-0.15, -0.1) is 28.1 Å². The number of ether oxygens (including phenoxy) is 1. The van der Waals surface area contributed by atoms with Crippen LogP contribution in [0.15, 0.2) is 42.1 Å². The first kappa shape index (κ1) is 24.5. The van der Waals surface area contributed by atoms with Crippen LogP contribution in [0.5, 0.6) is 0 Å².